The molecule has 1 unspecified atom stereocenters. The van der Waals surface area contributed by atoms with E-state index in [1.165, 1.54) is 17.3 Å². The Morgan fingerprint density at radius 1 is 1.36 bits per heavy atom. The monoisotopic (exact) mass is 372 g/mol. The molecule has 1 aliphatic heterocycles. The van der Waals surface area contributed by atoms with Gasteiger partial charge in [-0.25, -0.2) is 4.99 Å². The van der Waals surface area contributed by atoms with Gasteiger partial charge < -0.3 is 0 Å². The van der Waals surface area contributed by atoms with E-state index in [4.69, 9.17) is 11.6 Å². The molecule has 0 bridgehead atoms. The number of aliphatic imine (C=N–C) groups is 1. The van der Waals surface area contributed by atoms with Crippen LogP contribution in [0.2, 0.25) is 5.02 Å². The van der Waals surface area contributed by atoms with Gasteiger partial charge in [-0.3, -0.25) is 4.79 Å². The van der Waals surface area contributed by atoms with E-state index in [-0.39, 0.29) is 11.7 Å². The summed E-state index contributed by atoms with van der Waals surface area (Å²) < 4.78 is 0. The summed E-state index contributed by atoms with van der Waals surface area (Å²) >= 11 is 7.91. The zero-order valence-electron chi connectivity index (χ0n) is 14.8. The number of rotatable bonds is 5. The Hall–Kier alpha value is -1.83. The first kappa shape index (κ1) is 19.5. The minimum atomic E-state index is -0.456. The van der Waals surface area contributed by atoms with Gasteiger partial charge in [0.1, 0.15) is 10.8 Å². The normalized spacial score (nSPS) is 19.9. The summed E-state index contributed by atoms with van der Waals surface area (Å²) in [6, 6.07) is 9.70. The highest BCUT2D eigenvalue weighted by Crippen LogP contribution is 2.44. The minimum absolute atomic E-state index is 0.00716. The quantitative estimate of drug-likeness (QED) is 0.638. The smallest absolute Gasteiger partial charge is 0.139 e. The molecule has 1 heterocycles. The van der Waals surface area contributed by atoms with Crippen LogP contribution in [-0.4, -0.2) is 17.2 Å². The lowest BCUT2D eigenvalue weighted by Gasteiger charge is -2.30. The number of carbonyl (C=O) groups is 1. The lowest BCUT2D eigenvalue weighted by Crippen LogP contribution is -2.31. The number of hydrogen-bond donors (Lipinski definition) is 0. The maximum Gasteiger partial charge on any atom is 0.139 e. The predicted octanol–water partition coefficient (Wildman–Crippen LogP) is 5.54. The van der Waals surface area contributed by atoms with Crippen molar-refractivity contribution in [2.75, 3.05) is 5.75 Å². The van der Waals surface area contributed by atoms with Crippen LogP contribution in [0.4, 0.5) is 0 Å². The van der Waals surface area contributed by atoms with Gasteiger partial charge in [-0.1, -0.05) is 41.4 Å². The van der Waals surface area contributed by atoms with Gasteiger partial charge in [0, 0.05) is 22.4 Å². The molecule has 0 fully saturated rings. The van der Waals surface area contributed by atoms with Crippen LogP contribution in [0.25, 0.3) is 0 Å². The number of thioether (sulfide) groups is 1. The second-order valence-electron chi connectivity index (χ2n) is 6.26. The van der Waals surface area contributed by atoms with Crippen molar-refractivity contribution in [3.8, 4) is 6.07 Å². The third-order valence-electron chi connectivity index (χ3n) is 4.11. The van der Waals surface area contributed by atoms with Crippen molar-refractivity contribution in [3.05, 3.63) is 57.1 Å². The second kappa shape index (κ2) is 8.51. The second-order valence-corrected chi connectivity index (χ2v) is 7.68. The summed E-state index contributed by atoms with van der Waals surface area (Å²) in [6.07, 6.45) is 2.10. The first-order valence-electron chi connectivity index (χ1n) is 8.07. The van der Waals surface area contributed by atoms with Crippen LogP contribution < -0.4 is 0 Å². The van der Waals surface area contributed by atoms with Crippen LogP contribution in [0.5, 0.6) is 0 Å². The molecule has 2 atom stereocenters. The maximum absolute atomic E-state index is 12.3. The van der Waals surface area contributed by atoms with Gasteiger partial charge in [-0.05, 0) is 39.3 Å². The van der Waals surface area contributed by atoms with E-state index in [0.717, 1.165) is 17.0 Å². The molecular weight excluding hydrogens is 352 g/mol. The third-order valence-corrected chi connectivity index (χ3v) is 5.38. The topological polar surface area (TPSA) is 53.2 Å². The van der Waals surface area contributed by atoms with Crippen molar-refractivity contribution in [2.45, 2.75) is 33.6 Å². The molecule has 0 radical (unpaired) electrons. The van der Waals surface area contributed by atoms with Crippen LogP contribution in [0.1, 0.15) is 39.2 Å². The maximum atomic E-state index is 12.3. The van der Waals surface area contributed by atoms with Gasteiger partial charge in [-0.2, -0.15) is 5.26 Å². The zero-order valence-corrected chi connectivity index (χ0v) is 16.4. The Labute approximate surface area is 158 Å². The number of hydrogen-bond acceptors (Lipinski definition) is 4. The predicted molar refractivity (Wildman–Crippen MR) is 106 cm³/mol. The Bertz CT molecular complexity index is 813. The number of halogens is 1. The number of nitriles is 1. The average molecular weight is 373 g/mol. The van der Waals surface area contributed by atoms with Crippen LogP contribution in [0.3, 0.4) is 0 Å². The Morgan fingerprint density at radius 3 is 2.60 bits per heavy atom. The SMILES string of the molecule is CC(=O)C1C(C)=NC(SCC=C(C)C)=C(C#N)[C@@H]1c1ccccc1Cl. The summed E-state index contributed by atoms with van der Waals surface area (Å²) in [5.41, 5.74) is 3.27. The zero-order chi connectivity index (χ0) is 18.6. The summed E-state index contributed by atoms with van der Waals surface area (Å²) in [7, 11) is 0. The lowest BCUT2D eigenvalue weighted by molar-refractivity contribution is -0.119. The third kappa shape index (κ3) is 4.42. The fraction of sp³-hybridized carbons (Fsp3) is 0.350. The number of carbonyl (C=O) groups excluding carboxylic acids is 1. The van der Waals surface area contributed by atoms with Gasteiger partial charge in [0.2, 0.25) is 0 Å². The molecule has 0 aromatic heterocycles. The van der Waals surface area contributed by atoms with Crippen molar-refractivity contribution in [1.82, 2.24) is 0 Å². The van der Waals surface area contributed by atoms with Crippen LogP contribution in [-0.2, 0) is 4.79 Å². The first-order valence-corrected chi connectivity index (χ1v) is 9.43. The van der Waals surface area contributed by atoms with Gasteiger partial charge in [0.25, 0.3) is 0 Å². The fourth-order valence-electron chi connectivity index (χ4n) is 2.94. The molecular formula is C20H21ClN2OS. The molecule has 2 rings (SSSR count). The van der Waals surface area contributed by atoms with E-state index in [1.807, 2.05) is 39.0 Å². The standard InChI is InChI=1S/C20H21ClN2OS/c1-12(2)9-10-25-20-16(11-22)19(15-7-5-6-8-17(15)21)18(14(4)24)13(3)23-20/h5-9,18-19H,10H2,1-4H3/t18?,19-/m0/s1. The van der Waals surface area contributed by atoms with Gasteiger partial charge in [0.05, 0.1) is 17.6 Å². The lowest BCUT2D eigenvalue weighted by atomic mass is 9.75. The summed E-state index contributed by atoms with van der Waals surface area (Å²) in [6.45, 7) is 7.47. The van der Waals surface area contributed by atoms with Crippen molar-refractivity contribution in [3.63, 3.8) is 0 Å². The molecule has 1 aromatic carbocycles. The highest BCUT2D eigenvalue weighted by molar-refractivity contribution is 8.03. The van der Waals surface area contributed by atoms with Crippen molar-refractivity contribution >= 4 is 34.9 Å². The van der Waals surface area contributed by atoms with E-state index in [0.29, 0.717) is 15.6 Å². The average Bonchev–Trinajstić information content (AvgIpc) is 2.54. The number of allylic oxidation sites excluding steroid dienone is 2. The van der Waals surface area contributed by atoms with Crippen LogP contribution in [0.15, 0.2) is 51.5 Å². The molecule has 0 saturated heterocycles. The van der Waals surface area contributed by atoms with E-state index >= 15 is 0 Å². The Balaban J connectivity index is 2.57. The van der Waals surface area contributed by atoms with E-state index in [1.54, 1.807) is 13.0 Å². The van der Waals surface area contributed by atoms with Crippen molar-refractivity contribution in [2.24, 2.45) is 10.9 Å². The molecule has 0 N–H and O–H groups in total. The molecule has 3 nitrogen and oxygen atoms in total. The van der Waals surface area contributed by atoms with Gasteiger partial charge in [0.15, 0.2) is 0 Å². The molecule has 1 aliphatic rings. The molecule has 0 aliphatic carbocycles. The molecule has 1 aromatic rings. The number of ketones is 1. The van der Waals surface area contributed by atoms with Gasteiger partial charge >= 0.3 is 0 Å². The summed E-state index contributed by atoms with van der Waals surface area (Å²) in [4.78, 5) is 16.9. The molecule has 25 heavy (non-hydrogen) atoms. The fourth-order valence-corrected chi connectivity index (χ4v) is 4.30. The molecule has 0 saturated carbocycles. The Morgan fingerprint density at radius 2 is 2.04 bits per heavy atom. The molecule has 0 amide bonds. The highest BCUT2D eigenvalue weighted by atomic mass is 35.5. The number of nitrogens with zero attached hydrogens (tertiary/aromatic N) is 2. The summed E-state index contributed by atoms with van der Waals surface area (Å²) in [5.74, 6) is -0.114. The van der Waals surface area contributed by atoms with E-state index in [9.17, 15) is 10.1 Å². The highest BCUT2D eigenvalue weighted by Gasteiger charge is 2.38. The number of benzene rings is 1. The Kier molecular flexibility index (Phi) is 6.64. The molecule has 5 heteroatoms. The van der Waals surface area contributed by atoms with E-state index < -0.39 is 5.92 Å². The summed E-state index contributed by atoms with van der Waals surface area (Å²) in [5, 5.41) is 11.1. The van der Waals surface area contributed by atoms with Crippen LogP contribution >= 0.6 is 23.4 Å². The molecule has 0 spiro atoms. The minimum Gasteiger partial charge on any atom is -0.299 e. The number of Topliss-reactive ketones (excluding diaryl/α,β-unsaturated/α-hetero) is 1. The largest absolute Gasteiger partial charge is 0.299 e. The van der Waals surface area contributed by atoms with Crippen molar-refractivity contribution < 1.29 is 4.79 Å². The van der Waals surface area contributed by atoms with Crippen LogP contribution in [0, 0.1) is 17.2 Å². The molecule has 130 valence electrons. The van der Waals surface area contributed by atoms with Gasteiger partial charge in [-0.15, -0.1) is 11.8 Å². The van der Waals surface area contributed by atoms with E-state index in [2.05, 4.69) is 17.1 Å². The first-order chi connectivity index (χ1) is 11.9. The van der Waals surface area contributed by atoms with Crippen molar-refractivity contribution in [1.29, 1.82) is 5.26 Å².